The Labute approximate surface area is 104 Å². The standard InChI is InChI=1S/C15H22FN/c1-12(2)17-10-8-15(3,9-11-17)13-4-6-14(16)7-5-13/h4-7,12H,8-11H2,1-3H3. The molecule has 1 aliphatic heterocycles. The van der Waals surface area contributed by atoms with Crippen molar-refractivity contribution < 1.29 is 4.39 Å². The van der Waals surface area contributed by atoms with Gasteiger partial charge in [0.1, 0.15) is 5.82 Å². The summed E-state index contributed by atoms with van der Waals surface area (Å²) in [7, 11) is 0. The molecule has 1 aromatic rings. The van der Waals surface area contributed by atoms with E-state index in [4.69, 9.17) is 0 Å². The van der Waals surface area contributed by atoms with Gasteiger partial charge in [0, 0.05) is 6.04 Å². The molecule has 2 rings (SSSR count). The van der Waals surface area contributed by atoms with Crippen LogP contribution in [-0.4, -0.2) is 24.0 Å². The molecular weight excluding hydrogens is 213 g/mol. The molecule has 0 bridgehead atoms. The lowest BCUT2D eigenvalue weighted by atomic mass is 9.74. The van der Waals surface area contributed by atoms with Crippen LogP contribution in [0.2, 0.25) is 0 Å². The van der Waals surface area contributed by atoms with E-state index in [1.165, 1.54) is 5.56 Å². The quantitative estimate of drug-likeness (QED) is 0.757. The number of likely N-dealkylation sites (tertiary alicyclic amines) is 1. The molecular formula is C15H22FN. The molecule has 0 aromatic heterocycles. The summed E-state index contributed by atoms with van der Waals surface area (Å²) in [4.78, 5) is 2.52. The van der Waals surface area contributed by atoms with Crippen molar-refractivity contribution >= 4 is 0 Å². The SMILES string of the molecule is CC(C)N1CCC(C)(c2ccc(F)cc2)CC1. The van der Waals surface area contributed by atoms with Gasteiger partial charge in [-0.3, -0.25) is 0 Å². The zero-order chi connectivity index (χ0) is 12.5. The molecule has 0 spiro atoms. The molecule has 1 aromatic carbocycles. The van der Waals surface area contributed by atoms with Gasteiger partial charge in [0.2, 0.25) is 0 Å². The van der Waals surface area contributed by atoms with E-state index in [2.05, 4.69) is 25.7 Å². The van der Waals surface area contributed by atoms with E-state index in [0.29, 0.717) is 6.04 Å². The minimum Gasteiger partial charge on any atom is -0.301 e. The fourth-order valence-electron chi connectivity index (χ4n) is 2.67. The third-order valence-corrected chi connectivity index (χ3v) is 4.17. The molecule has 17 heavy (non-hydrogen) atoms. The summed E-state index contributed by atoms with van der Waals surface area (Å²) < 4.78 is 12.9. The molecule has 0 unspecified atom stereocenters. The molecule has 0 atom stereocenters. The highest BCUT2D eigenvalue weighted by atomic mass is 19.1. The lowest BCUT2D eigenvalue weighted by molar-refractivity contribution is 0.137. The van der Waals surface area contributed by atoms with Crippen LogP contribution >= 0.6 is 0 Å². The average Bonchev–Trinajstić information content (AvgIpc) is 2.30. The van der Waals surface area contributed by atoms with Gasteiger partial charge in [0.05, 0.1) is 0 Å². The summed E-state index contributed by atoms with van der Waals surface area (Å²) in [5, 5.41) is 0. The van der Waals surface area contributed by atoms with Crippen LogP contribution < -0.4 is 0 Å². The van der Waals surface area contributed by atoms with E-state index >= 15 is 0 Å². The number of hydrogen-bond acceptors (Lipinski definition) is 1. The normalized spacial score (nSPS) is 20.8. The Morgan fingerprint density at radius 3 is 2.12 bits per heavy atom. The molecule has 0 amide bonds. The number of nitrogens with zero attached hydrogens (tertiary/aromatic N) is 1. The Hall–Kier alpha value is -0.890. The highest BCUT2D eigenvalue weighted by Crippen LogP contribution is 2.35. The number of rotatable bonds is 2. The van der Waals surface area contributed by atoms with Gasteiger partial charge in [0.25, 0.3) is 0 Å². The summed E-state index contributed by atoms with van der Waals surface area (Å²) in [6.07, 6.45) is 2.33. The summed E-state index contributed by atoms with van der Waals surface area (Å²) in [6.45, 7) is 9.09. The lowest BCUT2D eigenvalue weighted by Gasteiger charge is -2.41. The zero-order valence-electron chi connectivity index (χ0n) is 11.0. The summed E-state index contributed by atoms with van der Waals surface area (Å²) in [6, 6.07) is 7.68. The largest absolute Gasteiger partial charge is 0.301 e. The maximum Gasteiger partial charge on any atom is 0.123 e. The second-order valence-corrected chi connectivity index (χ2v) is 5.70. The summed E-state index contributed by atoms with van der Waals surface area (Å²) in [5.41, 5.74) is 1.50. The number of piperidine rings is 1. The van der Waals surface area contributed by atoms with Gasteiger partial charge in [-0.1, -0.05) is 19.1 Å². The van der Waals surface area contributed by atoms with Crippen LogP contribution in [0.1, 0.15) is 39.2 Å². The first kappa shape index (κ1) is 12.6. The number of benzene rings is 1. The maximum atomic E-state index is 12.9. The Kier molecular flexibility index (Phi) is 3.53. The third kappa shape index (κ3) is 2.68. The fraction of sp³-hybridized carbons (Fsp3) is 0.600. The predicted molar refractivity (Wildman–Crippen MR) is 69.7 cm³/mol. The monoisotopic (exact) mass is 235 g/mol. The zero-order valence-corrected chi connectivity index (χ0v) is 11.0. The van der Waals surface area contributed by atoms with Crippen LogP contribution in [0.15, 0.2) is 24.3 Å². The van der Waals surface area contributed by atoms with E-state index in [1.54, 1.807) is 12.1 Å². The second-order valence-electron chi connectivity index (χ2n) is 5.70. The molecule has 1 aliphatic rings. The smallest absolute Gasteiger partial charge is 0.123 e. The highest BCUT2D eigenvalue weighted by Gasteiger charge is 2.32. The number of halogens is 1. The third-order valence-electron chi connectivity index (χ3n) is 4.17. The van der Waals surface area contributed by atoms with Crippen LogP contribution in [0.25, 0.3) is 0 Å². The Morgan fingerprint density at radius 2 is 1.65 bits per heavy atom. The van der Waals surface area contributed by atoms with Crippen LogP contribution in [0.4, 0.5) is 4.39 Å². The van der Waals surface area contributed by atoms with Crippen molar-refractivity contribution in [2.75, 3.05) is 13.1 Å². The average molecular weight is 235 g/mol. The first-order valence-corrected chi connectivity index (χ1v) is 6.51. The molecule has 1 saturated heterocycles. The summed E-state index contributed by atoms with van der Waals surface area (Å²) in [5.74, 6) is -0.142. The minimum absolute atomic E-state index is 0.142. The van der Waals surface area contributed by atoms with Gasteiger partial charge in [-0.2, -0.15) is 0 Å². The van der Waals surface area contributed by atoms with Crippen molar-refractivity contribution in [3.05, 3.63) is 35.6 Å². The molecule has 0 N–H and O–H groups in total. The van der Waals surface area contributed by atoms with Crippen LogP contribution in [0, 0.1) is 5.82 Å². The first-order chi connectivity index (χ1) is 8.01. The molecule has 0 aliphatic carbocycles. The van der Waals surface area contributed by atoms with Crippen LogP contribution in [0.5, 0.6) is 0 Å². The molecule has 0 saturated carbocycles. The summed E-state index contributed by atoms with van der Waals surface area (Å²) >= 11 is 0. The fourth-order valence-corrected chi connectivity index (χ4v) is 2.67. The first-order valence-electron chi connectivity index (χ1n) is 6.51. The van der Waals surface area contributed by atoms with E-state index in [0.717, 1.165) is 25.9 Å². The van der Waals surface area contributed by atoms with E-state index in [-0.39, 0.29) is 11.2 Å². The van der Waals surface area contributed by atoms with Crippen molar-refractivity contribution in [1.29, 1.82) is 0 Å². The molecule has 94 valence electrons. The van der Waals surface area contributed by atoms with Gasteiger partial charge < -0.3 is 4.90 Å². The van der Waals surface area contributed by atoms with Crippen molar-refractivity contribution in [2.24, 2.45) is 0 Å². The molecule has 1 fully saturated rings. The molecule has 0 radical (unpaired) electrons. The molecule has 1 heterocycles. The van der Waals surface area contributed by atoms with Crippen LogP contribution in [-0.2, 0) is 5.41 Å². The van der Waals surface area contributed by atoms with E-state index < -0.39 is 0 Å². The predicted octanol–water partition coefficient (Wildman–Crippen LogP) is 3.59. The van der Waals surface area contributed by atoms with Gasteiger partial charge in [-0.05, 0) is 62.9 Å². The molecule has 1 nitrogen and oxygen atoms in total. The Morgan fingerprint density at radius 1 is 1.12 bits per heavy atom. The Balaban J connectivity index is 2.09. The maximum absolute atomic E-state index is 12.9. The van der Waals surface area contributed by atoms with E-state index in [9.17, 15) is 4.39 Å². The van der Waals surface area contributed by atoms with Gasteiger partial charge in [-0.25, -0.2) is 4.39 Å². The lowest BCUT2D eigenvalue weighted by Crippen LogP contribution is -2.43. The molecule has 2 heteroatoms. The van der Waals surface area contributed by atoms with Crippen LogP contribution in [0.3, 0.4) is 0 Å². The van der Waals surface area contributed by atoms with Gasteiger partial charge >= 0.3 is 0 Å². The van der Waals surface area contributed by atoms with E-state index in [1.807, 2.05) is 12.1 Å². The van der Waals surface area contributed by atoms with Crippen molar-refractivity contribution in [3.63, 3.8) is 0 Å². The minimum atomic E-state index is -0.142. The van der Waals surface area contributed by atoms with Crippen molar-refractivity contribution in [2.45, 2.75) is 45.1 Å². The Bertz CT molecular complexity index is 361. The number of hydrogen-bond donors (Lipinski definition) is 0. The second kappa shape index (κ2) is 4.77. The van der Waals surface area contributed by atoms with Crippen molar-refractivity contribution in [1.82, 2.24) is 4.90 Å². The van der Waals surface area contributed by atoms with Gasteiger partial charge in [0.15, 0.2) is 0 Å². The topological polar surface area (TPSA) is 3.24 Å². The van der Waals surface area contributed by atoms with Crippen molar-refractivity contribution in [3.8, 4) is 0 Å². The van der Waals surface area contributed by atoms with Gasteiger partial charge in [-0.15, -0.1) is 0 Å². The highest BCUT2D eigenvalue weighted by molar-refractivity contribution is 5.25.